The quantitative estimate of drug-likeness (QED) is 0.761. The summed E-state index contributed by atoms with van der Waals surface area (Å²) in [6, 6.07) is 14.3. The second-order valence-electron chi connectivity index (χ2n) is 6.89. The van der Waals surface area contributed by atoms with Crippen LogP contribution in [-0.4, -0.2) is 56.1 Å². The van der Waals surface area contributed by atoms with Gasteiger partial charge in [0.25, 0.3) is 11.8 Å². The molecular formula is C22H23N3O4. The molecule has 0 bridgehead atoms. The Morgan fingerprint density at radius 3 is 2.66 bits per heavy atom. The Morgan fingerprint density at radius 1 is 1.10 bits per heavy atom. The van der Waals surface area contributed by atoms with Gasteiger partial charge in [-0.2, -0.15) is 0 Å². The number of morpholine rings is 1. The summed E-state index contributed by atoms with van der Waals surface area (Å²) in [5, 5.41) is 5.74. The topological polar surface area (TPSA) is 79.9 Å². The molecule has 0 spiro atoms. The van der Waals surface area contributed by atoms with Crippen molar-refractivity contribution in [2.45, 2.75) is 0 Å². The smallest absolute Gasteiger partial charge is 0.291 e. The summed E-state index contributed by atoms with van der Waals surface area (Å²) in [7, 11) is 0. The molecule has 0 unspecified atom stereocenters. The molecule has 2 N–H and O–H groups in total. The van der Waals surface area contributed by atoms with E-state index in [1.165, 1.54) is 0 Å². The average molecular weight is 393 g/mol. The third-order valence-corrected chi connectivity index (χ3v) is 4.87. The van der Waals surface area contributed by atoms with E-state index in [0.717, 1.165) is 38.4 Å². The largest absolute Gasteiger partial charge is 0.449 e. The van der Waals surface area contributed by atoms with Gasteiger partial charge < -0.3 is 20.1 Å². The number of ether oxygens (including phenoxy) is 2. The second kappa shape index (κ2) is 8.89. The van der Waals surface area contributed by atoms with Crippen LogP contribution in [-0.2, 0) is 9.53 Å². The Bertz CT molecular complexity index is 918. The Hall–Kier alpha value is -3.16. The van der Waals surface area contributed by atoms with Gasteiger partial charge in [0.1, 0.15) is 0 Å². The van der Waals surface area contributed by atoms with E-state index in [1.54, 1.807) is 42.5 Å². The molecule has 0 saturated carbocycles. The highest BCUT2D eigenvalue weighted by molar-refractivity contribution is 6.08. The molecule has 2 heterocycles. The zero-order valence-corrected chi connectivity index (χ0v) is 16.0. The van der Waals surface area contributed by atoms with Crippen LogP contribution in [0.3, 0.4) is 0 Å². The molecule has 0 aliphatic carbocycles. The fourth-order valence-electron chi connectivity index (χ4n) is 3.24. The molecule has 2 aromatic rings. The lowest BCUT2D eigenvalue weighted by molar-refractivity contribution is -0.115. The predicted octanol–water partition coefficient (Wildman–Crippen LogP) is 2.12. The first-order chi connectivity index (χ1) is 14.2. The van der Waals surface area contributed by atoms with Gasteiger partial charge in [0.15, 0.2) is 11.5 Å². The van der Waals surface area contributed by atoms with Crippen LogP contribution < -0.4 is 15.4 Å². The summed E-state index contributed by atoms with van der Waals surface area (Å²) in [5.41, 5.74) is 2.01. The maximum Gasteiger partial charge on any atom is 0.291 e. The zero-order chi connectivity index (χ0) is 20.1. The molecule has 4 rings (SSSR count). The molecule has 2 aliphatic heterocycles. The number of nitrogens with one attached hydrogen (secondary N) is 2. The minimum atomic E-state index is -0.298. The van der Waals surface area contributed by atoms with Gasteiger partial charge in [-0.05, 0) is 35.9 Å². The molecule has 1 fully saturated rings. The van der Waals surface area contributed by atoms with Gasteiger partial charge >= 0.3 is 0 Å². The van der Waals surface area contributed by atoms with E-state index in [4.69, 9.17) is 9.47 Å². The normalized spacial score (nSPS) is 17.9. The number of amides is 2. The molecule has 2 aliphatic rings. The van der Waals surface area contributed by atoms with Crippen LogP contribution >= 0.6 is 0 Å². The number of anilines is 1. The maximum atomic E-state index is 12.3. The van der Waals surface area contributed by atoms with Gasteiger partial charge in [-0.1, -0.05) is 24.3 Å². The van der Waals surface area contributed by atoms with E-state index in [0.29, 0.717) is 23.5 Å². The van der Waals surface area contributed by atoms with Crippen LogP contribution in [0.2, 0.25) is 0 Å². The molecule has 0 aromatic heterocycles. The molecule has 0 atom stereocenters. The Labute approximate surface area is 169 Å². The predicted molar refractivity (Wildman–Crippen MR) is 110 cm³/mol. The van der Waals surface area contributed by atoms with Gasteiger partial charge in [0.2, 0.25) is 0 Å². The number of carbonyl (C=O) groups excluding carboxylic acids is 2. The number of fused-ring (bicyclic) bond motifs is 1. The maximum absolute atomic E-state index is 12.3. The molecule has 150 valence electrons. The van der Waals surface area contributed by atoms with Crippen LogP contribution in [0.15, 0.2) is 54.3 Å². The van der Waals surface area contributed by atoms with Gasteiger partial charge in [-0.25, -0.2) is 0 Å². The van der Waals surface area contributed by atoms with E-state index in [-0.39, 0.29) is 17.6 Å². The fraction of sp³-hybridized carbons (Fsp3) is 0.273. The molecule has 1 saturated heterocycles. The minimum absolute atomic E-state index is 0.113. The summed E-state index contributed by atoms with van der Waals surface area (Å²) >= 11 is 0. The monoisotopic (exact) mass is 393 g/mol. The van der Waals surface area contributed by atoms with Gasteiger partial charge in [-0.15, -0.1) is 0 Å². The van der Waals surface area contributed by atoms with E-state index >= 15 is 0 Å². The van der Waals surface area contributed by atoms with Gasteiger partial charge in [-0.3, -0.25) is 14.5 Å². The first kappa shape index (κ1) is 19.2. The van der Waals surface area contributed by atoms with Crippen molar-refractivity contribution in [2.24, 2.45) is 0 Å². The third kappa shape index (κ3) is 4.82. The van der Waals surface area contributed by atoms with Crippen LogP contribution in [0, 0.1) is 0 Å². The summed E-state index contributed by atoms with van der Waals surface area (Å²) in [4.78, 5) is 26.8. The number of benzene rings is 2. The summed E-state index contributed by atoms with van der Waals surface area (Å²) in [6.07, 6.45) is 1.66. The lowest BCUT2D eigenvalue weighted by atomic mass is 10.1. The Morgan fingerprint density at radius 2 is 1.86 bits per heavy atom. The van der Waals surface area contributed by atoms with E-state index < -0.39 is 0 Å². The van der Waals surface area contributed by atoms with Crippen LogP contribution in [0.25, 0.3) is 6.08 Å². The van der Waals surface area contributed by atoms with Gasteiger partial charge in [0, 0.05) is 31.7 Å². The highest BCUT2D eigenvalue weighted by Crippen LogP contribution is 2.30. The number of hydrogen-bond donors (Lipinski definition) is 2. The van der Waals surface area contributed by atoms with Crippen LogP contribution in [0.4, 0.5) is 5.69 Å². The lowest BCUT2D eigenvalue weighted by Gasteiger charge is -2.26. The Kier molecular flexibility index (Phi) is 5.88. The number of hydrogen-bond acceptors (Lipinski definition) is 5. The summed E-state index contributed by atoms with van der Waals surface area (Å²) in [5.74, 6) is 0.410. The lowest BCUT2D eigenvalue weighted by Crippen LogP contribution is -2.41. The van der Waals surface area contributed by atoms with Gasteiger partial charge in [0.05, 0.1) is 18.9 Å². The van der Waals surface area contributed by atoms with Crippen molar-refractivity contribution in [3.63, 3.8) is 0 Å². The standard InChI is InChI=1S/C22H23N3O4/c26-21(23-9-10-25-11-13-28-14-12-25)17-7-5-16(6-8-17)15-20-22(27)24-18-3-1-2-4-19(18)29-20/h1-8,15H,9-14H2,(H,23,26)(H,24,27). The van der Waals surface area contributed by atoms with E-state index in [9.17, 15) is 9.59 Å². The van der Waals surface area contributed by atoms with Crippen molar-refractivity contribution < 1.29 is 19.1 Å². The third-order valence-electron chi connectivity index (χ3n) is 4.87. The minimum Gasteiger partial charge on any atom is -0.449 e. The van der Waals surface area contributed by atoms with Crippen molar-refractivity contribution in [3.05, 3.63) is 65.4 Å². The summed E-state index contributed by atoms with van der Waals surface area (Å²) < 4.78 is 11.0. The number of carbonyl (C=O) groups is 2. The van der Waals surface area contributed by atoms with E-state index in [1.807, 2.05) is 12.1 Å². The average Bonchev–Trinajstić information content (AvgIpc) is 2.75. The first-order valence-corrected chi connectivity index (χ1v) is 9.67. The zero-order valence-electron chi connectivity index (χ0n) is 16.0. The van der Waals surface area contributed by atoms with Crippen molar-refractivity contribution in [1.29, 1.82) is 0 Å². The fourth-order valence-corrected chi connectivity index (χ4v) is 3.24. The highest BCUT2D eigenvalue weighted by atomic mass is 16.5. The number of para-hydroxylation sites is 2. The molecule has 29 heavy (non-hydrogen) atoms. The molecular weight excluding hydrogens is 370 g/mol. The van der Waals surface area contributed by atoms with Crippen molar-refractivity contribution in [1.82, 2.24) is 10.2 Å². The van der Waals surface area contributed by atoms with E-state index in [2.05, 4.69) is 15.5 Å². The summed E-state index contributed by atoms with van der Waals surface area (Å²) in [6.45, 7) is 4.71. The Balaban J connectivity index is 1.34. The van der Waals surface area contributed by atoms with Crippen molar-refractivity contribution >= 4 is 23.6 Å². The van der Waals surface area contributed by atoms with Crippen molar-refractivity contribution in [2.75, 3.05) is 44.7 Å². The first-order valence-electron chi connectivity index (χ1n) is 9.67. The molecule has 7 heteroatoms. The van der Waals surface area contributed by atoms with Crippen LogP contribution in [0.1, 0.15) is 15.9 Å². The molecule has 7 nitrogen and oxygen atoms in total. The highest BCUT2D eigenvalue weighted by Gasteiger charge is 2.21. The second-order valence-corrected chi connectivity index (χ2v) is 6.89. The molecule has 0 radical (unpaired) electrons. The molecule has 2 aromatic carbocycles. The van der Waals surface area contributed by atoms with Crippen molar-refractivity contribution in [3.8, 4) is 5.75 Å². The SMILES string of the molecule is O=C1Nc2ccccc2OC1=Cc1ccc(C(=O)NCCN2CCOCC2)cc1. The number of nitrogens with zero attached hydrogens (tertiary/aromatic N) is 1. The number of rotatable bonds is 5. The van der Waals surface area contributed by atoms with Crippen LogP contribution in [0.5, 0.6) is 5.75 Å². The molecule has 2 amide bonds.